The van der Waals surface area contributed by atoms with Crippen LogP contribution in [0.5, 0.6) is 11.5 Å². The number of phenols is 1. The zero-order chi connectivity index (χ0) is 48.4. The van der Waals surface area contributed by atoms with E-state index in [0.29, 0.717) is 34.9 Å². The number of benzene rings is 6. The lowest BCUT2D eigenvalue weighted by Crippen LogP contribution is -2.12. The fourth-order valence-corrected chi connectivity index (χ4v) is 9.30. The molecule has 6 rings (SSSR count). The molecule has 0 radical (unpaired) electrons. The number of sulfone groups is 1. The van der Waals surface area contributed by atoms with E-state index < -0.39 is 52.1 Å². The van der Waals surface area contributed by atoms with Crippen LogP contribution in [0.1, 0.15) is 0 Å². The fourth-order valence-electron chi connectivity index (χ4n) is 5.66. The first-order valence-corrected chi connectivity index (χ1v) is 24.2. The number of azo groups is 3. The first-order chi connectivity index (χ1) is 31.9. The number of sulfonamides is 1. The van der Waals surface area contributed by atoms with Crippen LogP contribution in [0.15, 0.2) is 153 Å². The summed E-state index contributed by atoms with van der Waals surface area (Å²) in [6, 6.07) is 22.9. The third-order valence-corrected chi connectivity index (χ3v) is 13.8. The average Bonchev–Trinajstić information content (AvgIpc) is 3.30. The number of aromatic hydroxyl groups is 1. The predicted molar refractivity (Wildman–Crippen MR) is 241 cm³/mol. The summed E-state index contributed by atoms with van der Waals surface area (Å²) < 4.78 is 108. The van der Waals surface area contributed by atoms with Crippen molar-refractivity contribution in [3.63, 3.8) is 0 Å². The fraction of sp³-hybridized carbons (Fsp3) is 0.0811. The van der Waals surface area contributed by atoms with Gasteiger partial charge in [-0.15, -0.1) is 24.0 Å². The molecule has 352 valence electrons. The summed E-state index contributed by atoms with van der Waals surface area (Å²) in [6.45, 7) is -0.317. The number of phenolic OH excluding ortho intramolecular Hbond substituents is 1. The molecular formula is C37H33N9O16S5. The molecule has 0 spiro atoms. The van der Waals surface area contributed by atoms with Gasteiger partial charge < -0.3 is 21.3 Å². The van der Waals surface area contributed by atoms with Crippen LogP contribution in [0.4, 0.5) is 51.2 Å². The van der Waals surface area contributed by atoms with E-state index in [2.05, 4.69) is 54.2 Å². The van der Waals surface area contributed by atoms with Gasteiger partial charge in [0.2, 0.25) is 0 Å². The topological polar surface area (TPSA) is 377 Å². The smallest absolute Gasteiger partial charge is 0.296 e. The maximum Gasteiger partial charge on any atom is 0.296 e. The second kappa shape index (κ2) is 21.9. The number of rotatable bonds is 21. The standard InChI is InChI=1S/C37H33N9O16S5/c1-57-31-18-21(38)2-15-29(31)43-40-22-3-5-25(6-4-22)46-66(52,53)27-13-9-24(10-14-27)42-45-36-33(67(54,55)56)19-28-32(63-61-59-48)20-30(35(39)34(28)37(36)47)44-41-23-7-11-26(12-8-23)65(50,51)17-16-58-64-62-60-49/h2-15,18-20,46-49H,16-17,38-39H2,1H3,(H,54,55,56)/b43-40+,44-41+,45-42+. The SMILES string of the molecule is COc1cc(N)ccc1/N=N/c1ccc(NS(=O)(=O)c2ccc(/N=N/c3c(S(=O)(=O)O)cc4c(SOOO)cc(/N=N/c5ccc(S(=O)(=O)CCOSOOO)cc5)c(N)c4c3O)cc2)cc1. The van der Waals surface area contributed by atoms with Crippen molar-refractivity contribution in [3.05, 3.63) is 103 Å². The average molecular weight is 1020 g/mol. The molecule has 0 aliphatic rings. The molecule has 6 aromatic rings. The van der Waals surface area contributed by atoms with Gasteiger partial charge in [0.05, 0.1) is 69.4 Å². The maximum atomic E-state index is 13.2. The van der Waals surface area contributed by atoms with Gasteiger partial charge in [-0.2, -0.15) is 23.8 Å². The van der Waals surface area contributed by atoms with Crippen molar-refractivity contribution < 1.29 is 73.1 Å². The van der Waals surface area contributed by atoms with Crippen LogP contribution in [0.25, 0.3) is 10.8 Å². The minimum Gasteiger partial charge on any atom is -0.505 e. The Morgan fingerprint density at radius 3 is 1.87 bits per heavy atom. The molecule has 0 saturated heterocycles. The summed E-state index contributed by atoms with van der Waals surface area (Å²) >= 11 is 0.533. The minimum absolute atomic E-state index is 0.0265. The lowest BCUT2D eigenvalue weighted by molar-refractivity contribution is -0.434. The van der Waals surface area contributed by atoms with E-state index in [9.17, 15) is 34.9 Å². The summed E-state index contributed by atoms with van der Waals surface area (Å²) in [5, 5.41) is 59.3. The Morgan fingerprint density at radius 1 is 0.687 bits per heavy atom. The highest BCUT2D eigenvalue weighted by atomic mass is 32.2. The third kappa shape index (κ3) is 12.7. The predicted octanol–water partition coefficient (Wildman–Crippen LogP) is 9.22. The van der Waals surface area contributed by atoms with E-state index in [-0.39, 0.29) is 72.8 Å². The number of methoxy groups -OCH3 is 1. The molecule has 0 unspecified atom stereocenters. The number of anilines is 3. The van der Waals surface area contributed by atoms with E-state index in [0.717, 1.165) is 6.07 Å². The Labute approximate surface area is 388 Å². The highest BCUT2D eigenvalue weighted by Gasteiger charge is 2.26. The molecular weight excluding hydrogens is 987 g/mol. The van der Waals surface area contributed by atoms with Crippen molar-refractivity contribution in [1.82, 2.24) is 0 Å². The van der Waals surface area contributed by atoms with Gasteiger partial charge in [0.25, 0.3) is 20.1 Å². The summed E-state index contributed by atoms with van der Waals surface area (Å²) in [4.78, 5) is -1.33. The molecule has 0 bridgehead atoms. The molecule has 9 N–H and O–H groups in total. The normalized spacial score (nSPS) is 12.5. The number of ether oxygens (including phenoxy) is 1. The molecule has 0 heterocycles. The van der Waals surface area contributed by atoms with Gasteiger partial charge in [-0.3, -0.25) is 13.5 Å². The van der Waals surface area contributed by atoms with Gasteiger partial charge in [-0.05, 0) is 97.1 Å². The summed E-state index contributed by atoms with van der Waals surface area (Å²) in [5.41, 5.74) is 12.5. The van der Waals surface area contributed by atoms with E-state index in [4.69, 9.17) is 30.9 Å². The van der Waals surface area contributed by atoms with Crippen LogP contribution in [0, 0.1) is 0 Å². The Kier molecular flexibility index (Phi) is 16.4. The largest absolute Gasteiger partial charge is 0.505 e. The molecule has 0 aliphatic heterocycles. The summed E-state index contributed by atoms with van der Waals surface area (Å²) in [6.07, 6.45) is 0. The van der Waals surface area contributed by atoms with Gasteiger partial charge in [-0.1, -0.05) is 10.1 Å². The first-order valence-electron chi connectivity index (χ1n) is 18.2. The van der Waals surface area contributed by atoms with Crippen LogP contribution < -0.4 is 20.9 Å². The molecule has 67 heavy (non-hydrogen) atoms. The molecule has 0 amide bonds. The van der Waals surface area contributed by atoms with Crippen molar-refractivity contribution in [1.29, 1.82) is 0 Å². The molecule has 25 nitrogen and oxygen atoms in total. The molecule has 6 aromatic carbocycles. The van der Waals surface area contributed by atoms with E-state index in [1.54, 1.807) is 18.2 Å². The zero-order valence-corrected chi connectivity index (χ0v) is 37.9. The van der Waals surface area contributed by atoms with Gasteiger partial charge in [0, 0.05) is 27.7 Å². The molecule has 0 saturated carbocycles. The number of nitrogens with zero attached hydrogens (tertiary/aromatic N) is 6. The lowest BCUT2D eigenvalue weighted by Gasteiger charge is -2.14. The second-order valence-electron chi connectivity index (χ2n) is 13.0. The Hall–Kier alpha value is -6.39. The molecule has 0 atom stereocenters. The lowest BCUT2D eigenvalue weighted by atomic mass is 10.0. The van der Waals surface area contributed by atoms with Crippen molar-refractivity contribution in [2.24, 2.45) is 30.7 Å². The van der Waals surface area contributed by atoms with Crippen molar-refractivity contribution in [2.75, 3.05) is 35.7 Å². The van der Waals surface area contributed by atoms with Gasteiger partial charge in [-0.25, -0.2) is 27.4 Å². The van der Waals surface area contributed by atoms with Crippen LogP contribution in [0.2, 0.25) is 0 Å². The van der Waals surface area contributed by atoms with Gasteiger partial charge >= 0.3 is 0 Å². The summed E-state index contributed by atoms with van der Waals surface area (Å²) in [5.74, 6) is -0.972. The molecule has 0 aromatic heterocycles. The minimum atomic E-state index is -5.17. The number of hydrogen-bond donors (Lipinski definition) is 7. The highest BCUT2D eigenvalue weighted by Crippen LogP contribution is 2.49. The number of nitrogens with two attached hydrogens (primary N) is 2. The van der Waals surface area contributed by atoms with Crippen LogP contribution in [-0.4, -0.2) is 64.9 Å². The third-order valence-electron chi connectivity index (χ3n) is 8.77. The Morgan fingerprint density at radius 2 is 1.27 bits per heavy atom. The number of fused-ring (bicyclic) bond motifs is 1. The molecule has 30 heteroatoms. The van der Waals surface area contributed by atoms with Crippen LogP contribution >= 0.6 is 24.4 Å². The van der Waals surface area contributed by atoms with Crippen LogP contribution in [0.3, 0.4) is 0 Å². The maximum absolute atomic E-state index is 13.2. The zero-order valence-electron chi connectivity index (χ0n) is 33.8. The Bertz CT molecular complexity index is 3180. The monoisotopic (exact) mass is 1020 g/mol. The molecule has 0 fully saturated rings. The van der Waals surface area contributed by atoms with Crippen molar-refractivity contribution in [2.45, 2.75) is 19.6 Å². The van der Waals surface area contributed by atoms with E-state index in [1.807, 2.05) is 0 Å². The highest BCUT2D eigenvalue weighted by molar-refractivity contribution is 7.95. The number of nitrogens with one attached hydrogen (secondary N) is 1. The summed E-state index contributed by atoms with van der Waals surface area (Å²) in [7, 11) is -11.7. The van der Waals surface area contributed by atoms with Gasteiger partial charge in [0.1, 0.15) is 27.7 Å². The first kappa shape index (κ1) is 50.0. The van der Waals surface area contributed by atoms with E-state index >= 15 is 0 Å². The number of hydrogen-bond acceptors (Lipinski definition) is 25. The van der Waals surface area contributed by atoms with Crippen molar-refractivity contribution in [3.8, 4) is 11.5 Å². The van der Waals surface area contributed by atoms with Gasteiger partial charge in [0.15, 0.2) is 27.9 Å². The van der Waals surface area contributed by atoms with E-state index in [1.165, 1.54) is 86.0 Å². The quantitative estimate of drug-likeness (QED) is 0.00671. The Balaban J connectivity index is 1.24. The van der Waals surface area contributed by atoms with Crippen LogP contribution in [-0.2, 0) is 52.9 Å². The van der Waals surface area contributed by atoms with Crippen molar-refractivity contribution >= 4 is 116 Å². The molecule has 0 aliphatic carbocycles. The number of nitrogen functional groups attached to an aromatic ring is 2. The second-order valence-corrected chi connectivity index (χ2v) is 19.5.